The van der Waals surface area contributed by atoms with Gasteiger partial charge in [-0.2, -0.15) is 0 Å². The van der Waals surface area contributed by atoms with Gasteiger partial charge >= 0.3 is 5.97 Å². The Hall–Kier alpha value is -3.75. The lowest BCUT2D eigenvalue weighted by molar-refractivity contribution is -0.148. The zero-order chi connectivity index (χ0) is 20.2. The van der Waals surface area contributed by atoms with Crippen molar-refractivity contribution in [2.24, 2.45) is 0 Å². The number of benzene rings is 2. The minimum Gasteiger partial charge on any atom is -0.454 e. The lowest BCUT2D eigenvalue weighted by Gasteiger charge is -2.16. The molecule has 0 aliphatic carbocycles. The highest BCUT2D eigenvalue weighted by Gasteiger charge is 2.21. The Morgan fingerprint density at radius 1 is 1.10 bits per heavy atom. The van der Waals surface area contributed by atoms with Gasteiger partial charge in [0.15, 0.2) is 6.61 Å². The van der Waals surface area contributed by atoms with Crippen molar-refractivity contribution in [3.63, 3.8) is 0 Å². The van der Waals surface area contributed by atoms with E-state index in [4.69, 9.17) is 4.74 Å². The number of carbonyl (C=O) groups is 3. The van der Waals surface area contributed by atoms with E-state index >= 15 is 0 Å². The average molecular weight is 393 g/mol. The predicted octanol–water partition coefficient (Wildman–Crippen LogP) is 1.74. The number of amides is 2. The van der Waals surface area contributed by atoms with Crippen molar-refractivity contribution in [2.75, 3.05) is 23.4 Å². The number of carbonyl (C=O) groups excluding carboxylic acids is 3. The van der Waals surface area contributed by atoms with Crippen molar-refractivity contribution in [1.29, 1.82) is 0 Å². The number of nitrogens with one attached hydrogen (secondary N) is 1. The highest BCUT2D eigenvalue weighted by Crippen LogP contribution is 2.23. The Kier molecular flexibility index (Phi) is 5.19. The van der Waals surface area contributed by atoms with E-state index in [0.29, 0.717) is 29.7 Å². The topological polar surface area (TPSA) is 106 Å². The average Bonchev–Trinajstić information content (AvgIpc) is 3.34. The normalized spacial score (nSPS) is 13.7. The highest BCUT2D eigenvalue weighted by molar-refractivity contribution is 5.96. The van der Waals surface area contributed by atoms with Crippen molar-refractivity contribution in [2.45, 2.75) is 19.4 Å². The van der Waals surface area contributed by atoms with Crippen molar-refractivity contribution in [3.05, 3.63) is 48.5 Å². The Bertz CT molecular complexity index is 1060. The van der Waals surface area contributed by atoms with Crippen molar-refractivity contribution in [1.82, 2.24) is 15.0 Å². The van der Waals surface area contributed by atoms with Crippen LogP contribution in [0.15, 0.2) is 48.5 Å². The largest absolute Gasteiger partial charge is 0.454 e. The summed E-state index contributed by atoms with van der Waals surface area (Å²) in [5.41, 5.74) is 2.75. The first kappa shape index (κ1) is 18.6. The number of rotatable bonds is 6. The number of nitrogens with zero attached hydrogens (tertiary/aromatic N) is 4. The third-order valence-electron chi connectivity index (χ3n) is 4.60. The Morgan fingerprint density at radius 2 is 1.90 bits per heavy atom. The maximum absolute atomic E-state index is 12.0. The van der Waals surface area contributed by atoms with E-state index in [2.05, 4.69) is 15.6 Å². The molecule has 1 fully saturated rings. The van der Waals surface area contributed by atoms with Crippen LogP contribution in [0, 0.1) is 0 Å². The van der Waals surface area contributed by atoms with Gasteiger partial charge in [-0.25, -0.2) is 4.68 Å². The lowest BCUT2D eigenvalue weighted by Crippen LogP contribution is -2.24. The summed E-state index contributed by atoms with van der Waals surface area (Å²) >= 11 is 0. The number of fused-ring (bicyclic) bond motifs is 1. The van der Waals surface area contributed by atoms with E-state index in [1.807, 2.05) is 12.1 Å². The van der Waals surface area contributed by atoms with E-state index in [1.165, 1.54) is 4.68 Å². The van der Waals surface area contributed by atoms with Gasteiger partial charge in [-0.1, -0.05) is 17.3 Å². The van der Waals surface area contributed by atoms with Gasteiger partial charge < -0.3 is 15.0 Å². The summed E-state index contributed by atoms with van der Waals surface area (Å²) in [6.07, 6.45) is 1.42. The second-order valence-electron chi connectivity index (χ2n) is 6.64. The molecule has 0 spiro atoms. The van der Waals surface area contributed by atoms with Crippen LogP contribution in [0.4, 0.5) is 11.4 Å². The van der Waals surface area contributed by atoms with Crippen LogP contribution >= 0.6 is 0 Å². The fourth-order valence-electron chi connectivity index (χ4n) is 3.19. The van der Waals surface area contributed by atoms with Gasteiger partial charge in [-0.15, -0.1) is 5.10 Å². The molecule has 0 atom stereocenters. The minimum absolute atomic E-state index is 0.105. The van der Waals surface area contributed by atoms with Crippen LogP contribution in [-0.4, -0.2) is 45.9 Å². The number of aromatic nitrogens is 3. The first-order valence-corrected chi connectivity index (χ1v) is 9.24. The second-order valence-corrected chi connectivity index (χ2v) is 6.64. The van der Waals surface area contributed by atoms with Gasteiger partial charge in [-0.05, 0) is 42.8 Å². The number of hydrogen-bond donors (Lipinski definition) is 1. The molecule has 2 aromatic carbocycles. The fourth-order valence-corrected chi connectivity index (χ4v) is 3.19. The molecular formula is C20H19N5O4. The molecule has 9 heteroatoms. The monoisotopic (exact) mass is 393 g/mol. The highest BCUT2D eigenvalue weighted by atomic mass is 16.5. The minimum atomic E-state index is -0.585. The summed E-state index contributed by atoms with van der Waals surface area (Å²) in [4.78, 5) is 37.5. The lowest BCUT2D eigenvalue weighted by atomic mass is 10.2. The zero-order valence-electron chi connectivity index (χ0n) is 15.6. The summed E-state index contributed by atoms with van der Waals surface area (Å²) < 4.78 is 6.45. The third kappa shape index (κ3) is 4.23. The molecule has 1 N–H and O–H groups in total. The number of ether oxygens (including phenoxy) is 1. The molecule has 3 aromatic rings. The summed E-state index contributed by atoms with van der Waals surface area (Å²) in [6, 6.07) is 14.2. The first-order chi connectivity index (χ1) is 14.1. The van der Waals surface area contributed by atoms with E-state index < -0.39 is 18.5 Å². The van der Waals surface area contributed by atoms with Crippen molar-refractivity contribution in [3.8, 4) is 0 Å². The maximum atomic E-state index is 12.0. The molecule has 29 heavy (non-hydrogen) atoms. The SMILES string of the molecule is O=C(COC(=O)Cn1nnc2ccccc21)Nc1ccc(N2CCCC2=O)cc1. The Morgan fingerprint density at radius 3 is 2.66 bits per heavy atom. The van der Waals surface area contributed by atoms with E-state index in [9.17, 15) is 14.4 Å². The van der Waals surface area contributed by atoms with Crippen LogP contribution in [0.1, 0.15) is 12.8 Å². The molecule has 148 valence electrons. The van der Waals surface area contributed by atoms with Crippen LogP contribution < -0.4 is 10.2 Å². The van der Waals surface area contributed by atoms with Crippen LogP contribution in [0.25, 0.3) is 11.0 Å². The predicted molar refractivity (Wildman–Crippen MR) is 105 cm³/mol. The number of hydrogen-bond acceptors (Lipinski definition) is 6. The van der Waals surface area contributed by atoms with E-state index in [-0.39, 0.29) is 12.5 Å². The quantitative estimate of drug-likeness (QED) is 0.640. The number of para-hydroxylation sites is 1. The van der Waals surface area contributed by atoms with E-state index in [0.717, 1.165) is 12.1 Å². The molecule has 4 rings (SSSR count). The van der Waals surface area contributed by atoms with Gasteiger partial charge in [0.1, 0.15) is 12.1 Å². The van der Waals surface area contributed by atoms with Crippen LogP contribution in [-0.2, 0) is 25.7 Å². The molecule has 0 saturated carbocycles. The molecular weight excluding hydrogens is 374 g/mol. The summed E-state index contributed by atoms with van der Waals surface area (Å²) in [5, 5.41) is 10.5. The van der Waals surface area contributed by atoms with Crippen LogP contribution in [0.3, 0.4) is 0 Å². The molecule has 2 heterocycles. The summed E-state index contributed by atoms with van der Waals surface area (Å²) in [5.74, 6) is -0.931. The molecule has 0 unspecified atom stereocenters. The smallest absolute Gasteiger partial charge is 0.328 e. The van der Waals surface area contributed by atoms with Crippen LogP contribution in [0.2, 0.25) is 0 Å². The molecule has 1 aliphatic rings. The van der Waals surface area contributed by atoms with Crippen LogP contribution in [0.5, 0.6) is 0 Å². The molecule has 2 amide bonds. The number of anilines is 2. The maximum Gasteiger partial charge on any atom is 0.328 e. The number of esters is 1. The standard InChI is InChI=1S/C20H19N5O4/c26-18(21-14-7-9-15(10-8-14)24-11-3-6-19(24)27)13-29-20(28)12-25-17-5-2-1-4-16(17)22-23-25/h1-2,4-5,7-10H,3,6,11-13H2,(H,21,26). The van der Waals surface area contributed by atoms with Crippen molar-refractivity contribution < 1.29 is 19.1 Å². The van der Waals surface area contributed by atoms with Gasteiger partial charge in [0.2, 0.25) is 5.91 Å². The van der Waals surface area contributed by atoms with Gasteiger partial charge in [-0.3, -0.25) is 14.4 Å². The zero-order valence-corrected chi connectivity index (χ0v) is 15.6. The Balaban J connectivity index is 1.27. The third-order valence-corrected chi connectivity index (χ3v) is 4.60. The molecule has 1 saturated heterocycles. The molecule has 1 aliphatic heterocycles. The van der Waals surface area contributed by atoms with Gasteiger partial charge in [0, 0.05) is 24.3 Å². The van der Waals surface area contributed by atoms with E-state index in [1.54, 1.807) is 41.3 Å². The molecule has 9 nitrogen and oxygen atoms in total. The molecule has 0 bridgehead atoms. The molecule has 1 aromatic heterocycles. The summed E-state index contributed by atoms with van der Waals surface area (Å²) in [7, 11) is 0. The fraction of sp³-hybridized carbons (Fsp3) is 0.250. The first-order valence-electron chi connectivity index (χ1n) is 9.24. The van der Waals surface area contributed by atoms with Crippen molar-refractivity contribution >= 4 is 40.2 Å². The van der Waals surface area contributed by atoms with Gasteiger partial charge in [0.25, 0.3) is 5.91 Å². The molecule has 0 radical (unpaired) electrons. The summed E-state index contributed by atoms with van der Waals surface area (Å²) in [6.45, 7) is 0.172. The second kappa shape index (κ2) is 8.09. The Labute approximate surface area is 166 Å². The van der Waals surface area contributed by atoms with Gasteiger partial charge in [0.05, 0.1) is 5.52 Å².